The SMILES string of the molecule is O=C(NCc1cc(-c2ccccn2)n(C2CCCC2)n1)c1c(F)cccc1F. The third-order valence-corrected chi connectivity index (χ3v) is 5.00. The Morgan fingerprint density at radius 2 is 1.86 bits per heavy atom. The van der Waals surface area contributed by atoms with E-state index in [1.54, 1.807) is 6.20 Å². The number of pyridine rings is 1. The van der Waals surface area contributed by atoms with Crippen LogP contribution in [0.1, 0.15) is 47.8 Å². The maximum atomic E-state index is 13.8. The van der Waals surface area contributed by atoms with E-state index in [-0.39, 0.29) is 6.54 Å². The number of amides is 1. The first-order valence-electron chi connectivity index (χ1n) is 9.35. The largest absolute Gasteiger partial charge is 0.346 e. The maximum Gasteiger partial charge on any atom is 0.257 e. The molecular weight excluding hydrogens is 362 g/mol. The van der Waals surface area contributed by atoms with Gasteiger partial charge in [-0.3, -0.25) is 14.5 Å². The predicted octanol–water partition coefficient (Wildman–Crippen LogP) is 4.27. The first kappa shape index (κ1) is 18.3. The van der Waals surface area contributed by atoms with Crippen LogP contribution in [0.4, 0.5) is 8.78 Å². The van der Waals surface area contributed by atoms with Gasteiger partial charge in [0.25, 0.3) is 5.91 Å². The number of rotatable bonds is 5. The molecule has 0 saturated heterocycles. The van der Waals surface area contributed by atoms with Gasteiger partial charge in [-0.1, -0.05) is 25.0 Å². The zero-order valence-corrected chi connectivity index (χ0v) is 15.2. The van der Waals surface area contributed by atoms with Gasteiger partial charge in [0, 0.05) is 6.20 Å². The van der Waals surface area contributed by atoms with Crippen molar-refractivity contribution in [3.63, 3.8) is 0 Å². The lowest BCUT2D eigenvalue weighted by atomic mass is 10.2. The van der Waals surface area contributed by atoms with Crippen LogP contribution < -0.4 is 5.32 Å². The third kappa shape index (κ3) is 3.65. The molecule has 1 saturated carbocycles. The Bertz CT molecular complexity index is 961. The first-order chi connectivity index (χ1) is 13.6. The van der Waals surface area contributed by atoms with E-state index in [0.29, 0.717) is 11.7 Å². The Balaban J connectivity index is 1.57. The molecule has 1 amide bonds. The van der Waals surface area contributed by atoms with Crippen LogP contribution in [0.5, 0.6) is 0 Å². The van der Waals surface area contributed by atoms with Crippen LogP contribution in [0, 0.1) is 11.6 Å². The van der Waals surface area contributed by atoms with Crippen molar-refractivity contribution in [1.29, 1.82) is 0 Å². The van der Waals surface area contributed by atoms with E-state index < -0.39 is 23.1 Å². The number of carbonyl (C=O) groups is 1. The van der Waals surface area contributed by atoms with E-state index in [1.807, 2.05) is 28.9 Å². The van der Waals surface area contributed by atoms with Gasteiger partial charge in [-0.05, 0) is 43.2 Å². The minimum Gasteiger partial charge on any atom is -0.346 e. The van der Waals surface area contributed by atoms with Crippen molar-refractivity contribution in [3.8, 4) is 11.4 Å². The van der Waals surface area contributed by atoms with Gasteiger partial charge in [-0.15, -0.1) is 0 Å². The number of hydrogen-bond donors (Lipinski definition) is 1. The molecular formula is C21H20F2N4O. The van der Waals surface area contributed by atoms with Crippen molar-refractivity contribution in [3.05, 3.63) is 71.6 Å². The lowest BCUT2D eigenvalue weighted by Gasteiger charge is -2.13. The van der Waals surface area contributed by atoms with Crippen molar-refractivity contribution in [2.24, 2.45) is 0 Å². The summed E-state index contributed by atoms with van der Waals surface area (Å²) in [7, 11) is 0. The van der Waals surface area contributed by atoms with Crippen LogP contribution in [0.3, 0.4) is 0 Å². The molecule has 1 aromatic carbocycles. The molecule has 1 fully saturated rings. The van der Waals surface area contributed by atoms with Gasteiger partial charge < -0.3 is 5.32 Å². The van der Waals surface area contributed by atoms with Gasteiger partial charge in [-0.25, -0.2) is 8.78 Å². The first-order valence-corrected chi connectivity index (χ1v) is 9.35. The van der Waals surface area contributed by atoms with Gasteiger partial charge in [-0.2, -0.15) is 5.10 Å². The van der Waals surface area contributed by atoms with E-state index in [4.69, 9.17) is 0 Å². The topological polar surface area (TPSA) is 59.8 Å². The fourth-order valence-corrected chi connectivity index (χ4v) is 3.64. The molecule has 1 N–H and O–H groups in total. The number of nitrogens with one attached hydrogen (secondary N) is 1. The summed E-state index contributed by atoms with van der Waals surface area (Å²) < 4.78 is 29.6. The summed E-state index contributed by atoms with van der Waals surface area (Å²) in [5.41, 5.74) is 1.73. The lowest BCUT2D eigenvalue weighted by molar-refractivity contribution is 0.0942. The summed E-state index contributed by atoms with van der Waals surface area (Å²) in [6.45, 7) is 0.0756. The average Bonchev–Trinajstić information content (AvgIpc) is 3.36. The Morgan fingerprint density at radius 1 is 1.11 bits per heavy atom. The lowest BCUT2D eigenvalue weighted by Crippen LogP contribution is -2.25. The van der Waals surface area contributed by atoms with E-state index >= 15 is 0 Å². The number of benzene rings is 1. The summed E-state index contributed by atoms with van der Waals surface area (Å²) in [6.07, 6.45) is 6.14. The van der Waals surface area contributed by atoms with Crippen molar-refractivity contribution < 1.29 is 13.6 Å². The smallest absolute Gasteiger partial charge is 0.257 e. The minimum absolute atomic E-state index is 0.0756. The highest BCUT2D eigenvalue weighted by atomic mass is 19.1. The molecule has 5 nitrogen and oxygen atoms in total. The van der Waals surface area contributed by atoms with E-state index in [9.17, 15) is 13.6 Å². The normalized spacial score (nSPS) is 14.4. The summed E-state index contributed by atoms with van der Waals surface area (Å²) in [5.74, 6) is -2.57. The fourth-order valence-electron chi connectivity index (χ4n) is 3.64. The second-order valence-electron chi connectivity index (χ2n) is 6.90. The molecule has 7 heteroatoms. The predicted molar refractivity (Wildman–Crippen MR) is 100 cm³/mol. The molecule has 144 valence electrons. The van der Waals surface area contributed by atoms with Crippen molar-refractivity contribution in [2.75, 3.05) is 0 Å². The molecule has 4 rings (SSSR count). The number of halogens is 2. The van der Waals surface area contributed by atoms with E-state index in [1.165, 1.54) is 6.07 Å². The summed E-state index contributed by atoms with van der Waals surface area (Å²) in [5, 5.41) is 7.22. The molecule has 2 heterocycles. The van der Waals surface area contributed by atoms with Gasteiger partial charge in [0.05, 0.1) is 29.7 Å². The molecule has 1 aliphatic rings. The van der Waals surface area contributed by atoms with Crippen molar-refractivity contribution >= 4 is 5.91 Å². The third-order valence-electron chi connectivity index (χ3n) is 5.00. The van der Waals surface area contributed by atoms with Crippen LogP contribution in [0.25, 0.3) is 11.4 Å². The molecule has 0 spiro atoms. The molecule has 0 radical (unpaired) electrons. The Kier molecular flexibility index (Phi) is 5.14. The summed E-state index contributed by atoms with van der Waals surface area (Å²) in [4.78, 5) is 16.7. The van der Waals surface area contributed by atoms with Crippen molar-refractivity contribution in [2.45, 2.75) is 38.3 Å². The van der Waals surface area contributed by atoms with Crippen LogP contribution in [0.15, 0.2) is 48.7 Å². The average molecular weight is 382 g/mol. The second-order valence-corrected chi connectivity index (χ2v) is 6.90. The molecule has 1 aliphatic carbocycles. The highest BCUT2D eigenvalue weighted by Gasteiger charge is 2.23. The van der Waals surface area contributed by atoms with Gasteiger partial charge >= 0.3 is 0 Å². The number of aromatic nitrogens is 3. The van der Waals surface area contributed by atoms with Crippen molar-refractivity contribution in [1.82, 2.24) is 20.1 Å². The standard InChI is InChI=1S/C21H20F2N4O/c22-16-8-5-9-17(23)20(16)21(28)25-13-14-12-19(18-10-3-4-11-24-18)27(26-14)15-6-1-2-7-15/h3-5,8-12,15H,1-2,6-7,13H2,(H,25,28). The van der Waals surface area contributed by atoms with Gasteiger partial charge in [0.1, 0.15) is 17.2 Å². The maximum absolute atomic E-state index is 13.8. The zero-order chi connectivity index (χ0) is 19.5. The molecule has 0 atom stereocenters. The number of nitrogens with zero attached hydrogens (tertiary/aromatic N) is 3. The molecule has 28 heavy (non-hydrogen) atoms. The zero-order valence-electron chi connectivity index (χ0n) is 15.2. The molecule has 0 bridgehead atoms. The van der Waals surface area contributed by atoms with Crippen LogP contribution in [0.2, 0.25) is 0 Å². The minimum atomic E-state index is -0.886. The Labute approximate surface area is 161 Å². The summed E-state index contributed by atoms with van der Waals surface area (Å²) >= 11 is 0. The fraction of sp³-hybridized carbons (Fsp3) is 0.286. The Hall–Kier alpha value is -3.09. The number of hydrogen-bond acceptors (Lipinski definition) is 3. The van der Waals surface area contributed by atoms with E-state index in [2.05, 4.69) is 15.4 Å². The van der Waals surface area contributed by atoms with E-state index in [0.717, 1.165) is 49.2 Å². The second kappa shape index (κ2) is 7.88. The van der Waals surface area contributed by atoms with Gasteiger partial charge in [0.2, 0.25) is 0 Å². The summed E-state index contributed by atoms with van der Waals surface area (Å²) in [6, 6.07) is 11.2. The molecule has 0 unspecified atom stereocenters. The highest BCUT2D eigenvalue weighted by Crippen LogP contribution is 2.33. The van der Waals surface area contributed by atoms with Crippen LogP contribution in [-0.2, 0) is 6.54 Å². The molecule has 3 aromatic rings. The van der Waals surface area contributed by atoms with Crippen LogP contribution >= 0.6 is 0 Å². The van der Waals surface area contributed by atoms with Crippen LogP contribution in [-0.4, -0.2) is 20.7 Å². The Morgan fingerprint density at radius 3 is 2.54 bits per heavy atom. The quantitative estimate of drug-likeness (QED) is 0.717. The highest BCUT2D eigenvalue weighted by molar-refractivity contribution is 5.94. The molecule has 2 aromatic heterocycles. The monoisotopic (exact) mass is 382 g/mol. The van der Waals surface area contributed by atoms with Gasteiger partial charge in [0.15, 0.2) is 0 Å². The number of carbonyl (C=O) groups excluding carboxylic acids is 1. The molecule has 0 aliphatic heterocycles.